The minimum absolute atomic E-state index is 0.140. The molecule has 1 unspecified atom stereocenters. The predicted octanol–water partition coefficient (Wildman–Crippen LogP) is 1.25. The van der Waals surface area contributed by atoms with Gasteiger partial charge in [0.05, 0.1) is 10.4 Å². The van der Waals surface area contributed by atoms with Gasteiger partial charge < -0.3 is 10.6 Å². The Bertz CT molecular complexity index is 624. The van der Waals surface area contributed by atoms with Gasteiger partial charge in [-0.25, -0.2) is 13.1 Å². The predicted molar refractivity (Wildman–Crippen MR) is 91.5 cm³/mol. The van der Waals surface area contributed by atoms with Crippen molar-refractivity contribution in [2.45, 2.75) is 44.0 Å². The fourth-order valence-electron chi connectivity index (χ4n) is 2.31. The summed E-state index contributed by atoms with van der Waals surface area (Å²) >= 11 is 0. The van der Waals surface area contributed by atoms with E-state index in [0.29, 0.717) is 6.42 Å². The second kappa shape index (κ2) is 7.90. The van der Waals surface area contributed by atoms with E-state index in [1.54, 1.807) is 38.2 Å². The molecule has 1 rings (SSSR count). The molecule has 0 aromatic heterocycles. The average Bonchev–Trinajstić information content (AvgIpc) is 2.46. The molecule has 0 fully saturated rings. The van der Waals surface area contributed by atoms with Crippen LogP contribution in [-0.2, 0) is 14.8 Å². The normalized spacial score (nSPS) is 14.3. The molecule has 3 N–H and O–H groups in total. The van der Waals surface area contributed by atoms with Crippen LogP contribution in [-0.4, -0.2) is 44.9 Å². The highest BCUT2D eigenvalue weighted by molar-refractivity contribution is 7.89. The van der Waals surface area contributed by atoms with Crippen LogP contribution in [0.25, 0.3) is 0 Å². The Hall–Kier alpha value is -1.44. The van der Waals surface area contributed by atoms with E-state index in [1.807, 2.05) is 13.8 Å². The van der Waals surface area contributed by atoms with Gasteiger partial charge in [-0.15, -0.1) is 0 Å². The highest BCUT2D eigenvalue weighted by Crippen LogP contribution is 2.12. The van der Waals surface area contributed by atoms with Gasteiger partial charge in [-0.2, -0.15) is 0 Å². The summed E-state index contributed by atoms with van der Waals surface area (Å²) in [6, 6.07) is 6.61. The molecular formula is C16H27N3O3S. The molecular weight excluding hydrogens is 314 g/mol. The zero-order valence-corrected chi connectivity index (χ0v) is 15.1. The first-order valence-electron chi connectivity index (χ1n) is 7.71. The van der Waals surface area contributed by atoms with Crippen molar-refractivity contribution in [1.29, 1.82) is 0 Å². The molecule has 1 atom stereocenters. The van der Waals surface area contributed by atoms with E-state index in [9.17, 15) is 13.2 Å². The Labute approximate surface area is 139 Å². The Morgan fingerprint density at radius 1 is 1.30 bits per heavy atom. The lowest BCUT2D eigenvalue weighted by atomic mass is 9.96. The fraction of sp³-hybridized carbons (Fsp3) is 0.562. The molecule has 1 aromatic rings. The van der Waals surface area contributed by atoms with E-state index >= 15 is 0 Å². The minimum Gasteiger partial charge on any atom is -0.343 e. The van der Waals surface area contributed by atoms with E-state index in [0.717, 1.165) is 12.0 Å². The van der Waals surface area contributed by atoms with Crippen molar-refractivity contribution in [1.82, 2.24) is 9.62 Å². The Balaban J connectivity index is 2.59. The maximum absolute atomic E-state index is 12.2. The number of amides is 1. The third-order valence-electron chi connectivity index (χ3n) is 3.68. The third-order valence-corrected chi connectivity index (χ3v) is 5.15. The zero-order chi connectivity index (χ0) is 17.7. The second-order valence-electron chi connectivity index (χ2n) is 6.11. The van der Waals surface area contributed by atoms with E-state index in [4.69, 9.17) is 5.73 Å². The molecule has 1 amide bonds. The Morgan fingerprint density at radius 3 is 2.39 bits per heavy atom. The lowest BCUT2D eigenvalue weighted by Crippen LogP contribution is -2.53. The molecule has 7 heteroatoms. The van der Waals surface area contributed by atoms with Crippen molar-refractivity contribution < 1.29 is 13.2 Å². The van der Waals surface area contributed by atoms with Gasteiger partial charge in [-0.05, 0) is 32.4 Å². The smallest absolute Gasteiger partial charge is 0.242 e. The molecule has 130 valence electrons. The second-order valence-corrected chi connectivity index (χ2v) is 7.87. The molecule has 0 saturated heterocycles. The van der Waals surface area contributed by atoms with Crippen LogP contribution in [0.3, 0.4) is 0 Å². The van der Waals surface area contributed by atoms with Crippen molar-refractivity contribution in [3.8, 4) is 0 Å². The monoisotopic (exact) mass is 341 g/mol. The van der Waals surface area contributed by atoms with Gasteiger partial charge in [0.15, 0.2) is 0 Å². The number of likely N-dealkylation sites (N-methyl/N-ethyl adjacent to an activating group) is 1. The number of nitrogens with zero attached hydrogens (tertiary/aromatic N) is 1. The Kier molecular flexibility index (Phi) is 6.73. The molecule has 0 spiro atoms. The van der Waals surface area contributed by atoms with Crippen molar-refractivity contribution in [2.75, 3.05) is 20.1 Å². The number of nitrogens with one attached hydrogen (secondary N) is 1. The summed E-state index contributed by atoms with van der Waals surface area (Å²) in [5.41, 5.74) is 6.08. The van der Waals surface area contributed by atoms with Gasteiger partial charge in [0.25, 0.3) is 0 Å². The SMILES string of the molecule is CCCC(C)(N)C(=O)N(C)CCNS(=O)(=O)c1ccc(C)cc1. The van der Waals surface area contributed by atoms with Crippen LogP contribution in [0.2, 0.25) is 0 Å². The number of sulfonamides is 1. The molecule has 0 heterocycles. The van der Waals surface area contributed by atoms with Gasteiger partial charge in [-0.1, -0.05) is 31.0 Å². The van der Waals surface area contributed by atoms with Crippen LogP contribution in [0.4, 0.5) is 0 Å². The first-order valence-corrected chi connectivity index (χ1v) is 9.19. The molecule has 0 aliphatic heterocycles. The maximum atomic E-state index is 12.2. The van der Waals surface area contributed by atoms with Crippen LogP contribution in [0, 0.1) is 6.92 Å². The van der Waals surface area contributed by atoms with Crippen molar-refractivity contribution in [3.05, 3.63) is 29.8 Å². The fourth-order valence-corrected chi connectivity index (χ4v) is 3.33. The van der Waals surface area contributed by atoms with Crippen molar-refractivity contribution >= 4 is 15.9 Å². The molecule has 0 radical (unpaired) electrons. The lowest BCUT2D eigenvalue weighted by molar-refractivity contribution is -0.135. The number of carbonyl (C=O) groups is 1. The molecule has 1 aromatic carbocycles. The summed E-state index contributed by atoms with van der Waals surface area (Å²) in [7, 11) is -1.94. The van der Waals surface area contributed by atoms with Crippen LogP contribution in [0.1, 0.15) is 32.3 Å². The van der Waals surface area contributed by atoms with Gasteiger partial charge >= 0.3 is 0 Å². The van der Waals surface area contributed by atoms with E-state index in [1.165, 1.54) is 4.90 Å². The summed E-state index contributed by atoms with van der Waals surface area (Å²) in [6.45, 7) is 5.96. The van der Waals surface area contributed by atoms with Gasteiger partial charge in [0.2, 0.25) is 15.9 Å². The maximum Gasteiger partial charge on any atom is 0.242 e. The summed E-state index contributed by atoms with van der Waals surface area (Å²) in [5, 5.41) is 0. The molecule has 6 nitrogen and oxygen atoms in total. The first-order chi connectivity index (χ1) is 10.6. The van der Waals surface area contributed by atoms with Crippen LogP contribution in [0.5, 0.6) is 0 Å². The average molecular weight is 341 g/mol. The molecule has 0 saturated carbocycles. The van der Waals surface area contributed by atoms with Crippen LogP contribution < -0.4 is 10.5 Å². The van der Waals surface area contributed by atoms with E-state index in [-0.39, 0.29) is 23.9 Å². The number of rotatable bonds is 8. The standard InChI is InChI=1S/C16H27N3O3S/c1-5-10-16(3,17)15(20)19(4)12-11-18-23(21,22)14-8-6-13(2)7-9-14/h6-9,18H,5,10-12,17H2,1-4H3. The minimum atomic E-state index is -3.56. The summed E-state index contributed by atoms with van der Waals surface area (Å²) in [5.74, 6) is -0.186. The quantitative estimate of drug-likeness (QED) is 0.744. The van der Waals surface area contributed by atoms with Crippen molar-refractivity contribution in [2.24, 2.45) is 5.73 Å². The number of hydrogen-bond acceptors (Lipinski definition) is 4. The molecule has 0 bridgehead atoms. The number of aryl methyl sites for hydroxylation is 1. The van der Waals surface area contributed by atoms with Gasteiger partial charge in [0.1, 0.15) is 0 Å². The van der Waals surface area contributed by atoms with Gasteiger partial charge in [-0.3, -0.25) is 4.79 Å². The summed E-state index contributed by atoms with van der Waals surface area (Å²) < 4.78 is 26.8. The van der Waals surface area contributed by atoms with Crippen LogP contribution >= 0.6 is 0 Å². The number of nitrogens with two attached hydrogens (primary N) is 1. The molecule has 23 heavy (non-hydrogen) atoms. The third kappa shape index (κ3) is 5.60. The van der Waals surface area contributed by atoms with Crippen LogP contribution in [0.15, 0.2) is 29.2 Å². The topological polar surface area (TPSA) is 92.5 Å². The number of hydrogen-bond donors (Lipinski definition) is 2. The first kappa shape index (κ1) is 19.6. The van der Waals surface area contributed by atoms with E-state index in [2.05, 4.69) is 4.72 Å². The van der Waals surface area contributed by atoms with Crippen molar-refractivity contribution in [3.63, 3.8) is 0 Å². The molecule has 0 aliphatic rings. The lowest BCUT2D eigenvalue weighted by Gasteiger charge is -2.29. The number of carbonyl (C=O) groups excluding carboxylic acids is 1. The summed E-state index contributed by atoms with van der Waals surface area (Å²) in [4.78, 5) is 13.9. The number of benzene rings is 1. The zero-order valence-electron chi connectivity index (χ0n) is 14.3. The highest BCUT2D eigenvalue weighted by Gasteiger charge is 2.30. The van der Waals surface area contributed by atoms with E-state index < -0.39 is 15.6 Å². The van der Waals surface area contributed by atoms with Gasteiger partial charge in [0, 0.05) is 20.1 Å². The molecule has 0 aliphatic carbocycles. The summed E-state index contributed by atoms with van der Waals surface area (Å²) in [6.07, 6.45) is 1.40. The highest BCUT2D eigenvalue weighted by atomic mass is 32.2. The largest absolute Gasteiger partial charge is 0.343 e. The Morgan fingerprint density at radius 2 is 1.87 bits per heavy atom.